The number of hydrogen-bond donors (Lipinski definition) is 4. The summed E-state index contributed by atoms with van der Waals surface area (Å²) in [7, 11) is 0. The Labute approximate surface area is 129 Å². The van der Waals surface area contributed by atoms with Gasteiger partial charge in [-0.1, -0.05) is 12.8 Å². The van der Waals surface area contributed by atoms with Crippen molar-refractivity contribution in [3.8, 4) is 0 Å². The van der Waals surface area contributed by atoms with Gasteiger partial charge in [0.05, 0.1) is 18.0 Å². The Bertz CT molecular complexity index is 380. The van der Waals surface area contributed by atoms with Crippen molar-refractivity contribution in [1.29, 1.82) is 0 Å². The van der Waals surface area contributed by atoms with Crippen molar-refractivity contribution in [3.63, 3.8) is 0 Å². The molecule has 5 N–H and O–H groups in total. The molecule has 0 saturated carbocycles. The number of aliphatic carboxylic acids is 1. The fourth-order valence-corrected chi connectivity index (χ4v) is 4.68. The van der Waals surface area contributed by atoms with E-state index in [2.05, 4.69) is 10.6 Å². The van der Waals surface area contributed by atoms with Gasteiger partial charge in [-0.15, -0.1) is 0 Å². The molecule has 2 saturated heterocycles. The Hall–Kier alpha value is -0.950. The van der Waals surface area contributed by atoms with Crippen LogP contribution in [0.25, 0.3) is 0 Å². The first-order valence-electron chi connectivity index (χ1n) is 7.73. The molecule has 2 fully saturated rings. The number of amides is 2. The van der Waals surface area contributed by atoms with E-state index in [0.717, 1.165) is 37.9 Å². The van der Waals surface area contributed by atoms with Crippen molar-refractivity contribution in [2.45, 2.75) is 55.9 Å². The first kappa shape index (κ1) is 16.4. The van der Waals surface area contributed by atoms with Crippen LogP contribution in [0.1, 0.15) is 38.5 Å². The number of rotatable bonds is 9. The molecule has 0 aliphatic carbocycles. The molecule has 1 unspecified atom stereocenters. The summed E-state index contributed by atoms with van der Waals surface area (Å²) in [6.07, 6.45) is 5.08. The van der Waals surface area contributed by atoms with Crippen molar-refractivity contribution in [1.82, 2.24) is 10.6 Å². The highest BCUT2D eigenvalue weighted by Gasteiger charge is 2.42. The Balaban J connectivity index is 1.69. The molecular formula is C14H25N3O3S. The Morgan fingerprint density at radius 2 is 2.10 bits per heavy atom. The monoisotopic (exact) mass is 315 g/mol. The van der Waals surface area contributed by atoms with Gasteiger partial charge in [-0.2, -0.15) is 11.8 Å². The number of nitrogens with one attached hydrogen (secondary N) is 2. The van der Waals surface area contributed by atoms with Gasteiger partial charge in [0.25, 0.3) is 0 Å². The van der Waals surface area contributed by atoms with E-state index >= 15 is 0 Å². The van der Waals surface area contributed by atoms with Crippen LogP contribution in [-0.4, -0.2) is 46.7 Å². The molecule has 0 spiro atoms. The van der Waals surface area contributed by atoms with Crippen LogP contribution in [-0.2, 0) is 4.79 Å². The average Bonchev–Trinajstić information content (AvgIpc) is 2.97. The molecule has 0 aromatic carbocycles. The molecular weight excluding hydrogens is 290 g/mol. The van der Waals surface area contributed by atoms with Crippen molar-refractivity contribution in [3.05, 3.63) is 0 Å². The van der Waals surface area contributed by atoms with Gasteiger partial charge in [0.1, 0.15) is 0 Å². The summed E-state index contributed by atoms with van der Waals surface area (Å²) in [5.74, 6) is 0.00211. The third kappa shape index (κ3) is 4.51. The van der Waals surface area contributed by atoms with Crippen molar-refractivity contribution >= 4 is 23.8 Å². The van der Waals surface area contributed by atoms with Crippen LogP contribution in [0.3, 0.4) is 0 Å². The maximum absolute atomic E-state index is 11.3. The van der Waals surface area contributed by atoms with Crippen molar-refractivity contribution < 1.29 is 14.7 Å². The number of nitrogens with two attached hydrogens (primary N) is 1. The Morgan fingerprint density at radius 1 is 1.33 bits per heavy atom. The number of carbonyl (C=O) groups is 2. The predicted molar refractivity (Wildman–Crippen MR) is 83.4 cm³/mol. The molecule has 6 nitrogen and oxygen atoms in total. The third-order valence-electron chi connectivity index (χ3n) is 4.34. The Kier molecular flexibility index (Phi) is 6.17. The third-order valence-corrected chi connectivity index (χ3v) is 5.84. The molecule has 2 rings (SSSR count). The number of unbranched alkanes of at least 4 members (excludes halogenated alkanes) is 1. The molecule has 4 atom stereocenters. The van der Waals surface area contributed by atoms with Gasteiger partial charge in [0, 0.05) is 11.0 Å². The minimum Gasteiger partial charge on any atom is -0.481 e. The summed E-state index contributed by atoms with van der Waals surface area (Å²) in [6.45, 7) is 0.626. The zero-order valence-corrected chi connectivity index (χ0v) is 13.0. The number of thioether (sulfide) groups is 1. The summed E-state index contributed by atoms with van der Waals surface area (Å²) in [5, 5.41) is 15.5. The minimum absolute atomic E-state index is 0.0690. The van der Waals surface area contributed by atoms with Gasteiger partial charge in [-0.05, 0) is 32.2 Å². The molecule has 7 heteroatoms. The normalized spacial score (nSPS) is 28.8. The van der Waals surface area contributed by atoms with E-state index in [1.165, 1.54) is 0 Å². The molecule has 2 amide bonds. The fourth-order valence-electron chi connectivity index (χ4n) is 3.13. The van der Waals surface area contributed by atoms with E-state index in [1.807, 2.05) is 11.8 Å². The summed E-state index contributed by atoms with van der Waals surface area (Å²) >= 11 is 1.88. The van der Waals surface area contributed by atoms with Gasteiger partial charge < -0.3 is 21.5 Å². The average molecular weight is 315 g/mol. The molecule has 2 heterocycles. The summed E-state index contributed by atoms with van der Waals surface area (Å²) in [4.78, 5) is 22.5. The van der Waals surface area contributed by atoms with Crippen molar-refractivity contribution in [2.75, 3.05) is 12.3 Å². The number of carboxylic acids is 1. The summed E-state index contributed by atoms with van der Waals surface area (Å²) < 4.78 is 0. The lowest BCUT2D eigenvalue weighted by molar-refractivity contribution is -0.142. The minimum atomic E-state index is -0.695. The van der Waals surface area contributed by atoms with Gasteiger partial charge in [-0.3, -0.25) is 4.79 Å². The van der Waals surface area contributed by atoms with Gasteiger partial charge in [0.2, 0.25) is 0 Å². The molecule has 0 radical (unpaired) electrons. The number of hydrogen-bond acceptors (Lipinski definition) is 4. The first-order chi connectivity index (χ1) is 10.1. The summed E-state index contributed by atoms with van der Waals surface area (Å²) in [6, 6.07) is 0.385. The van der Waals surface area contributed by atoms with E-state index in [0.29, 0.717) is 18.2 Å². The molecule has 21 heavy (non-hydrogen) atoms. The van der Waals surface area contributed by atoms with Crippen molar-refractivity contribution in [2.24, 2.45) is 11.7 Å². The van der Waals surface area contributed by atoms with E-state index in [9.17, 15) is 14.7 Å². The second-order valence-electron chi connectivity index (χ2n) is 5.87. The maximum atomic E-state index is 11.3. The molecule has 2 aliphatic rings. The van der Waals surface area contributed by atoms with E-state index in [-0.39, 0.29) is 24.0 Å². The highest BCUT2D eigenvalue weighted by Crippen LogP contribution is 2.33. The smallest absolute Gasteiger partial charge is 0.315 e. The maximum Gasteiger partial charge on any atom is 0.315 e. The second kappa shape index (κ2) is 7.89. The van der Waals surface area contributed by atoms with Crippen LogP contribution >= 0.6 is 11.8 Å². The molecule has 2 aliphatic heterocycles. The lowest BCUT2D eigenvalue weighted by Crippen LogP contribution is -2.36. The van der Waals surface area contributed by atoms with Crippen LogP contribution in [0.4, 0.5) is 4.79 Å². The molecule has 0 aromatic rings. The largest absolute Gasteiger partial charge is 0.481 e. The van der Waals surface area contributed by atoms with Crippen LogP contribution in [0.2, 0.25) is 0 Å². The van der Waals surface area contributed by atoms with Gasteiger partial charge in [0.15, 0.2) is 0 Å². The van der Waals surface area contributed by atoms with E-state index in [4.69, 9.17) is 5.73 Å². The van der Waals surface area contributed by atoms with Crippen LogP contribution in [0, 0.1) is 5.92 Å². The zero-order chi connectivity index (χ0) is 15.2. The van der Waals surface area contributed by atoms with Crippen LogP contribution in [0.15, 0.2) is 0 Å². The summed E-state index contributed by atoms with van der Waals surface area (Å²) in [5.41, 5.74) is 5.44. The number of carboxylic acid groups (broad SMARTS) is 1. The molecule has 120 valence electrons. The quantitative estimate of drug-likeness (QED) is 0.377. The molecule has 0 aromatic heterocycles. The van der Waals surface area contributed by atoms with Gasteiger partial charge >= 0.3 is 12.0 Å². The van der Waals surface area contributed by atoms with Crippen LogP contribution < -0.4 is 16.4 Å². The standard InChI is InChI=1S/C14H25N3O3S/c15-7-2-1-4-9(13(18)19)5-3-6-11-12-10(8-21-11)16-14(20)17-12/h9-12H,1-8,15H2,(H,18,19)(H2,16,17,20)/t9?,10-,11-,12-/m0/s1. The first-order valence-corrected chi connectivity index (χ1v) is 8.78. The second-order valence-corrected chi connectivity index (χ2v) is 7.14. The number of carbonyl (C=O) groups excluding carboxylic acids is 1. The zero-order valence-electron chi connectivity index (χ0n) is 12.2. The fraction of sp³-hybridized carbons (Fsp3) is 0.857. The lowest BCUT2D eigenvalue weighted by Gasteiger charge is -2.18. The van der Waals surface area contributed by atoms with E-state index in [1.54, 1.807) is 0 Å². The van der Waals surface area contributed by atoms with E-state index < -0.39 is 5.97 Å². The topological polar surface area (TPSA) is 104 Å². The highest BCUT2D eigenvalue weighted by molar-refractivity contribution is 8.00. The SMILES string of the molecule is NCCCCC(CCC[C@@H]1SC[C@@H]2NC(=O)N[C@@H]21)C(=O)O. The van der Waals surface area contributed by atoms with Crippen LogP contribution in [0.5, 0.6) is 0 Å². The lowest BCUT2D eigenvalue weighted by atomic mass is 9.94. The highest BCUT2D eigenvalue weighted by atomic mass is 32.2. The number of fused-ring (bicyclic) bond motifs is 1. The Morgan fingerprint density at radius 3 is 2.81 bits per heavy atom. The van der Waals surface area contributed by atoms with Gasteiger partial charge in [-0.25, -0.2) is 4.79 Å². The predicted octanol–water partition coefficient (Wildman–Crippen LogP) is 1.15. The molecule has 0 bridgehead atoms. The number of urea groups is 1.